The molecule has 1 aliphatic heterocycles. The Morgan fingerprint density at radius 3 is 2.49 bits per heavy atom. The minimum absolute atomic E-state index is 0.126. The SMILES string of the molecule is CCOC(=O)[C@]1(Cc2ccccn2)CCCN(C(=O)[C@@H](Cc2c[nH]c3ccccc23)NC(=O)C(C)(C)NC(=O)OC(C)(C)C)C1. The molecule has 11 nitrogen and oxygen atoms in total. The summed E-state index contributed by atoms with van der Waals surface area (Å²) in [4.78, 5) is 63.4. The van der Waals surface area contributed by atoms with Gasteiger partial charge in [-0.25, -0.2) is 4.79 Å². The van der Waals surface area contributed by atoms with E-state index in [9.17, 15) is 19.2 Å². The maximum atomic E-state index is 14.4. The lowest BCUT2D eigenvalue weighted by Gasteiger charge is -2.42. The van der Waals surface area contributed by atoms with E-state index in [1.807, 2.05) is 48.7 Å². The first kappa shape index (κ1) is 33.5. The Labute approximate surface area is 264 Å². The van der Waals surface area contributed by atoms with Crippen LogP contribution in [0.3, 0.4) is 0 Å². The third-order valence-corrected chi connectivity index (χ3v) is 7.93. The van der Waals surface area contributed by atoms with Gasteiger partial charge in [-0.15, -0.1) is 0 Å². The molecule has 1 saturated heterocycles. The average molecular weight is 620 g/mol. The predicted molar refractivity (Wildman–Crippen MR) is 170 cm³/mol. The smallest absolute Gasteiger partial charge is 0.408 e. The number of amides is 3. The Bertz CT molecular complexity index is 1510. The summed E-state index contributed by atoms with van der Waals surface area (Å²) in [5.74, 6) is -1.24. The van der Waals surface area contributed by atoms with Crippen LogP contribution < -0.4 is 10.6 Å². The molecule has 11 heteroatoms. The van der Waals surface area contributed by atoms with Crippen LogP contribution in [-0.2, 0) is 36.7 Å². The molecular weight excluding hydrogens is 574 g/mol. The standard InChI is InChI=1S/C34H45N5O6/c1-7-44-30(42)34(20-24-13-10-11-17-35-24)16-12-18-39(22-34)28(40)27(19-23-21-36-26-15-9-8-14-25(23)26)37-29(41)33(5,6)38-31(43)45-32(2,3)4/h8-11,13-15,17,21,27,36H,7,12,16,18-20,22H2,1-6H3,(H,37,41)(H,38,43)/t27-,34+/m1/s1. The van der Waals surface area contributed by atoms with E-state index < -0.39 is 34.6 Å². The molecule has 0 radical (unpaired) electrons. The Morgan fingerprint density at radius 1 is 1.07 bits per heavy atom. The molecule has 2 atom stereocenters. The van der Waals surface area contributed by atoms with Crippen molar-refractivity contribution < 1.29 is 28.7 Å². The van der Waals surface area contributed by atoms with Crippen molar-refractivity contribution in [3.8, 4) is 0 Å². The highest BCUT2D eigenvalue weighted by atomic mass is 16.6. The number of hydrogen-bond acceptors (Lipinski definition) is 7. The summed E-state index contributed by atoms with van der Waals surface area (Å²) in [6.45, 7) is 10.8. The van der Waals surface area contributed by atoms with Gasteiger partial charge in [-0.05, 0) is 78.1 Å². The lowest BCUT2D eigenvalue weighted by Crippen LogP contribution is -2.61. The van der Waals surface area contributed by atoms with Crippen molar-refractivity contribution in [1.82, 2.24) is 25.5 Å². The second-order valence-electron chi connectivity index (χ2n) is 13.2. The zero-order chi connectivity index (χ0) is 32.8. The zero-order valence-corrected chi connectivity index (χ0v) is 27.1. The van der Waals surface area contributed by atoms with Gasteiger partial charge in [0.25, 0.3) is 0 Å². The Balaban J connectivity index is 1.62. The van der Waals surface area contributed by atoms with Gasteiger partial charge in [-0.1, -0.05) is 24.3 Å². The molecule has 3 N–H and O–H groups in total. The van der Waals surface area contributed by atoms with Crippen molar-refractivity contribution in [3.63, 3.8) is 0 Å². The maximum absolute atomic E-state index is 14.4. The van der Waals surface area contributed by atoms with Gasteiger partial charge in [0.1, 0.15) is 17.2 Å². The molecule has 45 heavy (non-hydrogen) atoms. The van der Waals surface area contributed by atoms with Crippen LogP contribution in [0, 0.1) is 5.41 Å². The monoisotopic (exact) mass is 619 g/mol. The third kappa shape index (κ3) is 8.40. The van der Waals surface area contributed by atoms with E-state index in [0.29, 0.717) is 25.8 Å². The van der Waals surface area contributed by atoms with Gasteiger partial charge in [0.15, 0.2) is 0 Å². The third-order valence-electron chi connectivity index (χ3n) is 7.93. The lowest BCUT2D eigenvalue weighted by atomic mass is 9.75. The van der Waals surface area contributed by atoms with E-state index in [2.05, 4.69) is 20.6 Å². The molecule has 1 aliphatic rings. The maximum Gasteiger partial charge on any atom is 0.408 e. The van der Waals surface area contributed by atoms with E-state index in [0.717, 1.165) is 22.2 Å². The second-order valence-corrected chi connectivity index (χ2v) is 13.2. The minimum Gasteiger partial charge on any atom is -0.466 e. The topological polar surface area (TPSA) is 143 Å². The first-order chi connectivity index (χ1) is 21.2. The summed E-state index contributed by atoms with van der Waals surface area (Å²) in [5, 5.41) is 6.47. The summed E-state index contributed by atoms with van der Waals surface area (Å²) in [5.41, 5.74) is -0.629. The molecule has 3 heterocycles. The number of nitrogens with zero attached hydrogens (tertiary/aromatic N) is 2. The highest BCUT2D eigenvalue weighted by Crippen LogP contribution is 2.35. The van der Waals surface area contributed by atoms with Crippen molar-refractivity contribution in [2.75, 3.05) is 19.7 Å². The first-order valence-corrected chi connectivity index (χ1v) is 15.5. The number of alkyl carbamates (subject to hydrolysis) is 1. The molecule has 2 aromatic heterocycles. The van der Waals surface area contributed by atoms with Crippen molar-refractivity contribution in [1.29, 1.82) is 0 Å². The van der Waals surface area contributed by atoms with Crippen molar-refractivity contribution in [3.05, 3.63) is 66.1 Å². The van der Waals surface area contributed by atoms with Crippen LogP contribution >= 0.6 is 0 Å². The van der Waals surface area contributed by atoms with E-state index in [-0.39, 0.29) is 31.4 Å². The minimum atomic E-state index is -1.39. The largest absolute Gasteiger partial charge is 0.466 e. The number of aromatic nitrogens is 2. The number of hydrogen-bond donors (Lipinski definition) is 3. The summed E-state index contributed by atoms with van der Waals surface area (Å²) >= 11 is 0. The van der Waals surface area contributed by atoms with Crippen LogP contribution in [0.2, 0.25) is 0 Å². The molecular formula is C34H45N5O6. The van der Waals surface area contributed by atoms with E-state index >= 15 is 0 Å². The van der Waals surface area contributed by atoms with Gasteiger partial charge < -0.3 is 30.0 Å². The molecule has 3 aromatic rings. The molecule has 0 aliphatic carbocycles. The molecule has 1 fully saturated rings. The molecule has 3 amide bonds. The molecule has 4 rings (SSSR count). The Hall–Kier alpha value is -4.41. The number of carbonyl (C=O) groups is 4. The van der Waals surface area contributed by atoms with E-state index in [1.54, 1.807) is 52.6 Å². The number of fused-ring (bicyclic) bond motifs is 1. The highest BCUT2D eigenvalue weighted by molar-refractivity contribution is 5.94. The first-order valence-electron chi connectivity index (χ1n) is 15.5. The molecule has 0 bridgehead atoms. The van der Waals surface area contributed by atoms with E-state index in [1.165, 1.54) is 0 Å². The number of H-pyrrole nitrogens is 1. The normalized spacial score (nSPS) is 17.8. The van der Waals surface area contributed by atoms with Crippen molar-refractivity contribution in [2.45, 2.75) is 84.4 Å². The molecule has 0 unspecified atom stereocenters. The van der Waals surface area contributed by atoms with Gasteiger partial charge in [-0.3, -0.25) is 19.4 Å². The number of pyridine rings is 1. The fourth-order valence-corrected chi connectivity index (χ4v) is 5.73. The van der Waals surface area contributed by atoms with Crippen LogP contribution in [-0.4, -0.2) is 75.6 Å². The van der Waals surface area contributed by atoms with Crippen molar-refractivity contribution >= 4 is 34.8 Å². The van der Waals surface area contributed by atoms with Gasteiger partial charge in [0.05, 0.1) is 12.0 Å². The lowest BCUT2D eigenvalue weighted by molar-refractivity contribution is -0.161. The van der Waals surface area contributed by atoms with Crippen LogP contribution in [0.25, 0.3) is 10.9 Å². The average Bonchev–Trinajstić information content (AvgIpc) is 3.38. The summed E-state index contributed by atoms with van der Waals surface area (Å²) in [7, 11) is 0. The highest BCUT2D eigenvalue weighted by Gasteiger charge is 2.46. The van der Waals surface area contributed by atoms with Gasteiger partial charge in [-0.2, -0.15) is 0 Å². The molecule has 0 spiro atoms. The fraction of sp³-hybridized carbons (Fsp3) is 0.500. The van der Waals surface area contributed by atoms with Crippen LogP contribution in [0.4, 0.5) is 4.79 Å². The Kier molecular flexibility index (Phi) is 10.2. The summed E-state index contributed by atoms with van der Waals surface area (Å²) in [6, 6.07) is 12.3. The van der Waals surface area contributed by atoms with E-state index in [4.69, 9.17) is 9.47 Å². The van der Waals surface area contributed by atoms with Gasteiger partial charge in [0, 0.05) is 54.9 Å². The van der Waals surface area contributed by atoms with Gasteiger partial charge >= 0.3 is 12.1 Å². The van der Waals surface area contributed by atoms with Crippen molar-refractivity contribution in [2.24, 2.45) is 5.41 Å². The van der Waals surface area contributed by atoms with Gasteiger partial charge in [0.2, 0.25) is 11.8 Å². The number of nitrogens with one attached hydrogen (secondary N) is 3. The fourth-order valence-electron chi connectivity index (χ4n) is 5.73. The molecule has 0 saturated carbocycles. The van der Waals surface area contributed by atoms with Crippen LogP contribution in [0.15, 0.2) is 54.9 Å². The number of likely N-dealkylation sites (tertiary alicyclic amines) is 1. The number of benzene rings is 1. The van der Waals surface area contributed by atoms with Crippen LogP contribution in [0.1, 0.15) is 65.6 Å². The number of carbonyl (C=O) groups excluding carboxylic acids is 4. The predicted octanol–water partition coefficient (Wildman–Crippen LogP) is 4.31. The zero-order valence-electron chi connectivity index (χ0n) is 27.1. The van der Waals surface area contributed by atoms with Crippen LogP contribution in [0.5, 0.6) is 0 Å². The quantitative estimate of drug-likeness (QED) is 0.287. The molecule has 1 aromatic carbocycles. The number of piperidine rings is 1. The summed E-state index contributed by atoms with van der Waals surface area (Å²) < 4.78 is 10.9. The summed E-state index contributed by atoms with van der Waals surface area (Å²) in [6.07, 6.45) is 4.41. The number of aromatic amines is 1. The number of rotatable bonds is 10. The number of ether oxygens (including phenoxy) is 2. The number of esters is 1. The second kappa shape index (κ2) is 13.7. The number of para-hydroxylation sites is 1. The Morgan fingerprint density at radius 2 is 1.80 bits per heavy atom. The molecule has 242 valence electrons.